The third kappa shape index (κ3) is 3.03. The summed E-state index contributed by atoms with van der Waals surface area (Å²) in [6.07, 6.45) is 0.916. The van der Waals surface area contributed by atoms with Crippen molar-refractivity contribution in [2.75, 3.05) is 11.9 Å². The molecule has 98 valence electrons. The van der Waals surface area contributed by atoms with Gasteiger partial charge in [-0.05, 0) is 35.6 Å². The van der Waals surface area contributed by atoms with E-state index in [1.54, 1.807) is 30.3 Å². The fourth-order valence-corrected chi connectivity index (χ4v) is 1.71. The fourth-order valence-electron chi connectivity index (χ4n) is 1.49. The molecule has 19 heavy (non-hydrogen) atoms. The second-order valence-corrected chi connectivity index (χ2v) is 4.45. The summed E-state index contributed by atoms with van der Waals surface area (Å²) in [7, 11) is 0. The van der Waals surface area contributed by atoms with E-state index in [0.717, 1.165) is 17.5 Å². The van der Waals surface area contributed by atoms with Crippen LogP contribution in [0.15, 0.2) is 28.9 Å². The first-order chi connectivity index (χ1) is 9.26. The van der Waals surface area contributed by atoms with E-state index >= 15 is 0 Å². The van der Waals surface area contributed by atoms with E-state index in [-0.39, 0.29) is 16.3 Å². The van der Waals surface area contributed by atoms with Gasteiger partial charge in [-0.25, -0.2) is 0 Å². The predicted molar refractivity (Wildman–Crippen MR) is 69.5 cm³/mol. The van der Waals surface area contributed by atoms with E-state index in [1.807, 2.05) is 0 Å². The Morgan fingerprint density at radius 2 is 2.16 bits per heavy atom. The second-order valence-electron chi connectivity index (χ2n) is 3.65. The highest BCUT2D eigenvalue weighted by Crippen LogP contribution is 2.22. The van der Waals surface area contributed by atoms with Gasteiger partial charge in [0, 0.05) is 16.1 Å². The number of nitriles is 1. The first kappa shape index (κ1) is 13.4. The standard InChI is InChI=1S/C12H10BrN3O3/c13-6-1-7-18-10-4-2-9(3-5-10)12-11(8-14)16(17)19-15-12/h2-5H,1,6-7H2. The minimum absolute atomic E-state index is 0.0930. The van der Waals surface area contributed by atoms with Gasteiger partial charge in [0.15, 0.2) is 6.07 Å². The van der Waals surface area contributed by atoms with Crippen molar-refractivity contribution in [3.05, 3.63) is 35.2 Å². The van der Waals surface area contributed by atoms with Gasteiger partial charge in [0.05, 0.1) is 6.61 Å². The summed E-state index contributed by atoms with van der Waals surface area (Å²) in [5, 5.41) is 24.4. The molecule has 0 radical (unpaired) electrons. The molecule has 7 heteroatoms. The lowest BCUT2D eigenvalue weighted by Gasteiger charge is -2.04. The Bertz CT molecular complexity index is 589. The first-order valence-electron chi connectivity index (χ1n) is 5.55. The average molecular weight is 324 g/mol. The van der Waals surface area contributed by atoms with Crippen molar-refractivity contribution in [3.8, 4) is 23.1 Å². The second kappa shape index (κ2) is 6.20. The third-order valence-corrected chi connectivity index (χ3v) is 2.95. The smallest absolute Gasteiger partial charge is 0.302 e. The summed E-state index contributed by atoms with van der Waals surface area (Å²) in [4.78, 5) is 0.0930. The van der Waals surface area contributed by atoms with Gasteiger partial charge in [0.1, 0.15) is 5.75 Å². The molecule has 6 nitrogen and oxygen atoms in total. The summed E-state index contributed by atoms with van der Waals surface area (Å²) in [6.45, 7) is 0.624. The molecule has 2 rings (SSSR count). The number of benzene rings is 1. The monoisotopic (exact) mass is 323 g/mol. The quantitative estimate of drug-likeness (QED) is 0.477. The summed E-state index contributed by atoms with van der Waals surface area (Å²) in [6, 6.07) is 8.72. The molecule has 0 aliphatic carbocycles. The van der Waals surface area contributed by atoms with Crippen LogP contribution in [0.25, 0.3) is 11.3 Å². The maximum Gasteiger partial charge on any atom is 0.302 e. The summed E-state index contributed by atoms with van der Waals surface area (Å²) in [5.74, 6) is 0.724. The Hall–Kier alpha value is -2.07. The number of aromatic nitrogens is 2. The van der Waals surface area contributed by atoms with Gasteiger partial charge in [0.2, 0.25) is 0 Å². The Balaban J connectivity index is 2.16. The highest BCUT2D eigenvalue weighted by atomic mass is 79.9. The minimum Gasteiger partial charge on any atom is -0.494 e. The van der Waals surface area contributed by atoms with Crippen LogP contribution in [0.3, 0.4) is 0 Å². The number of hydrogen-bond donors (Lipinski definition) is 0. The number of alkyl halides is 1. The number of halogens is 1. The summed E-state index contributed by atoms with van der Waals surface area (Å²) < 4.78 is 9.90. The van der Waals surface area contributed by atoms with Crippen LogP contribution in [0, 0.1) is 16.5 Å². The van der Waals surface area contributed by atoms with Crippen LogP contribution in [-0.2, 0) is 0 Å². The van der Waals surface area contributed by atoms with E-state index in [1.165, 1.54) is 0 Å². The number of rotatable bonds is 5. The Labute approximate surface area is 117 Å². The summed E-state index contributed by atoms with van der Waals surface area (Å²) in [5.41, 5.74) is 0.695. The average Bonchev–Trinajstić information content (AvgIpc) is 2.81. The zero-order valence-corrected chi connectivity index (χ0v) is 11.5. The van der Waals surface area contributed by atoms with Gasteiger partial charge in [-0.2, -0.15) is 5.26 Å². The molecule has 0 N–H and O–H groups in total. The van der Waals surface area contributed by atoms with Crippen LogP contribution in [0.2, 0.25) is 0 Å². The molecule has 0 saturated heterocycles. The van der Waals surface area contributed by atoms with Crippen LogP contribution in [0.5, 0.6) is 5.75 Å². The zero-order chi connectivity index (χ0) is 13.7. The number of hydrogen-bond acceptors (Lipinski definition) is 5. The molecule has 2 aromatic rings. The SMILES string of the molecule is N#Cc1c(-c2ccc(OCCCBr)cc2)no[n+]1[O-]. The molecule has 0 aliphatic rings. The molecule has 0 saturated carbocycles. The molecule has 1 heterocycles. The number of ether oxygens (including phenoxy) is 1. The Morgan fingerprint density at radius 3 is 2.79 bits per heavy atom. The van der Waals surface area contributed by atoms with Gasteiger partial charge >= 0.3 is 5.69 Å². The molecule has 0 aliphatic heterocycles. The lowest BCUT2D eigenvalue weighted by atomic mass is 10.1. The van der Waals surface area contributed by atoms with Crippen molar-refractivity contribution >= 4 is 15.9 Å². The van der Waals surface area contributed by atoms with Crippen LogP contribution in [-0.4, -0.2) is 17.1 Å². The van der Waals surface area contributed by atoms with Crippen molar-refractivity contribution in [3.63, 3.8) is 0 Å². The molecular formula is C12H10BrN3O3. The van der Waals surface area contributed by atoms with Gasteiger partial charge in [-0.1, -0.05) is 15.9 Å². The highest BCUT2D eigenvalue weighted by Gasteiger charge is 2.20. The van der Waals surface area contributed by atoms with Crippen molar-refractivity contribution in [2.24, 2.45) is 0 Å². The number of nitrogens with zero attached hydrogens (tertiary/aromatic N) is 3. The molecule has 0 spiro atoms. The molecule has 0 unspecified atom stereocenters. The normalized spacial score (nSPS) is 10.1. The van der Waals surface area contributed by atoms with Gasteiger partial charge in [-0.15, -0.1) is 0 Å². The lowest BCUT2D eigenvalue weighted by molar-refractivity contribution is -0.804. The van der Waals surface area contributed by atoms with E-state index in [2.05, 4.69) is 25.7 Å². The van der Waals surface area contributed by atoms with Gasteiger partial charge in [0.25, 0.3) is 5.69 Å². The van der Waals surface area contributed by atoms with Crippen LogP contribution in [0.1, 0.15) is 12.1 Å². The summed E-state index contributed by atoms with van der Waals surface area (Å²) >= 11 is 3.32. The molecule has 1 aromatic carbocycles. The molecule has 0 amide bonds. The minimum atomic E-state index is -0.159. The molecule has 0 atom stereocenters. The van der Waals surface area contributed by atoms with E-state index in [4.69, 9.17) is 10.00 Å². The molecule has 1 aromatic heterocycles. The van der Waals surface area contributed by atoms with Crippen LogP contribution < -0.4 is 9.64 Å². The van der Waals surface area contributed by atoms with Crippen molar-refractivity contribution in [1.82, 2.24) is 5.16 Å². The van der Waals surface area contributed by atoms with Crippen LogP contribution >= 0.6 is 15.9 Å². The lowest BCUT2D eigenvalue weighted by Crippen LogP contribution is -2.26. The highest BCUT2D eigenvalue weighted by molar-refractivity contribution is 9.09. The molecule has 0 fully saturated rings. The van der Waals surface area contributed by atoms with E-state index in [0.29, 0.717) is 12.2 Å². The van der Waals surface area contributed by atoms with Crippen molar-refractivity contribution in [2.45, 2.75) is 6.42 Å². The molecular weight excluding hydrogens is 314 g/mol. The topological polar surface area (TPSA) is 86.0 Å². The van der Waals surface area contributed by atoms with Crippen molar-refractivity contribution in [1.29, 1.82) is 5.26 Å². The predicted octanol–water partition coefficient (Wildman–Crippen LogP) is 2.01. The van der Waals surface area contributed by atoms with Gasteiger partial charge in [-0.3, -0.25) is 4.63 Å². The van der Waals surface area contributed by atoms with Crippen LogP contribution in [0.4, 0.5) is 0 Å². The van der Waals surface area contributed by atoms with E-state index < -0.39 is 0 Å². The fraction of sp³-hybridized carbons (Fsp3) is 0.250. The first-order valence-corrected chi connectivity index (χ1v) is 6.67. The zero-order valence-electron chi connectivity index (χ0n) is 9.88. The molecule has 0 bridgehead atoms. The van der Waals surface area contributed by atoms with Gasteiger partial charge < -0.3 is 9.94 Å². The third-order valence-electron chi connectivity index (χ3n) is 2.39. The Kier molecular flexibility index (Phi) is 4.36. The largest absolute Gasteiger partial charge is 0.494 e. The Morgan fingerprint density at radius 1 is 1.42 bits per heavy atom. The maximum atomic E-state index is 11.1. The maximum absolute atomic E-state index is 11.1. The van der Waals surface area contributed by atoms with Crippen molar-refractivity contribution < 1.29 is 14.3 Å². The van der Waals surface area contributed by atoms with E-state index in [9.17, 15) is 5.21 Å².